The Bertz CT molecular complexity index is 1120. The Kier molecular flexibility index (Phi) is 4.33. The minimum atomic E-state index is -0.355. The van der Waals surface area contributed by atoms with Gasteiger partial charge >= 0.3 is 0 Å². The summed E-state index contributed by atoms with van der Waals surface area (Å²) in [6.07, 6.45) is 3.33. The van der Waals surface area contributed by atoms with Crippen LogP contribution in [-0.4, -0.2) is 27.3 Å². The number of carbonyl (C=O) groups is 1. The molecule has 0 saturated carbocycles. The molecule has 0 atom stereocenters. The summed E-state index contributed by atoms with van der Waals surface area (Å²) < 4.78 is 15.0. The molecule has 0 unspecified atom stereocenters. The van der Waals surface area contributed by atoms with Crippen molar-refractivity contribution in [3.05, 3.63) is 83.5 Å². The zero-order valence-electron chi connectivity index (χ0n) is 14.3. The van der Waals surface area contributed by atoms with Crippen LogP contribution in [0.2, 0.25) is 5.02 Å². The maximum Gasteiger partial charge on any atom is 0.277 e. The molecule has 4 rings (SSSR count). The zero-order chi connectivity index (χ0) is 19.0. The molecule has 0 aliphatic heterocycles. The second-order valence-corrected chi connectivity index (χ2v) is 6.38. The van der Waals surface area contributed by atoms with E-state index in [0.29, 0.717) is 33.4 Å². The fraction of sp³-hybridized carbons (Fsp3) is 0.0500. The van der Waals surface area contributed by atoms with E-state index in [4.69, 9.17) is 11.6 Å². The summed E-state index contributed by atoms with van der Waals surface area (Å²) >= 11 is 5.94. The maximum atomic E-state index is 13.3. The molecule has 2 aromatic heterocycles. The van der Waals surface area contributed by atoms with Gasteiger partial charge in [0.25, 0.3) is 5.91 Å². The number of nitrogens with zero attached hydrogens (tertiary/aromatic N) is 4. The third-order valence-electron chi connectivity index (χ3n) is 4.24. The van der Waals surface area contributed by atoms with Crippen molar-refractivity contribution < 1.29 is 9.18 Å². The Morgan fingerprint density at radius 3 is 2.52 bits per heavy atom. The van der Waals surface area contributed by atoms with E-state index >= 15 is 0 Å². The average Bonchev–Trinajstić information content (AvgIpc) is 3.07. The van der Waals surface area contributed by atoms with E-state index in [1.54, 1.807) is 66.3 Å². The van der Waals surface area contributed by atoms with Crippen LogP contribution in [0, 0.1) is 5.82 Å². The molecule has 0 spiro atoms. The summed E-state index contributed by atoms with van der Waals surface area (Å²) in [6.45, 7) is 0. The van der Waals surface area contributed by atoms with Crippen LogP contribution < -0.4 is 4.90 Å². The highest BCUT2D eigenvalue weighted by Gasteiger charge is 2.24. The standard InChI is InChI=1S/C20H14ClFN4O/c1-25(16-9-5-14(21)6-10-16)19(27)18-17(13-3-7-15(22)8-4-13)24-20-23-11-2-12-26(18)20/h2-12H,1H3. The predicted molar refractivity (Wildman–Crippen MR) is 103 cm³/mol. The van der Waals surface area contributed by atoms with Gasteiger partial charge in [0.2, 0.25) is 5.78 Å². The van der Waals surface area contributed by atoms with Gasteiger partial charge < -0.3 is 4.90 Å². The number of halogens is 2. The van der Waals surface area contributed by atoms with Crippen LogP contribution in [0.1, 0.15) is 10.5 Å². The van der Waals surface area contributed by atoms with Crippen LogP contribution in [0.5, 0.6) is 0 Å². The van der Waals surface area contributed by atoms with Crippen molar-refractivity contribution in [2.24, 2.45) is 0 Å². The number of benzene rings is 2. The van der Waals surface area contributed by atoms with Gasteiger partial charge in [-0.25, -0.2) is 14.4 Å². The lowest BCUT2D eigenvalue weighted by atomic mass is 10.1. The Balaban J connectivity index is 1.86. The van der Waals surface area contributed by atoms with Crippen molar-refractivity contribution >= 4 is 29.0 Å². The van der Waals surface area contributed by atoms with Crippen LogP contribution in [0.15, 0.2) is 67.0 Å². The van der Waals surface area contributed by atoms with Crippen molar-refractivity contribution in [1.29, 1.82) is 0 Å². The van der Waals surface area contributed by atoms with E-state index in [-0.39, 0.29) is 11.7 Å². The average molecular weight is 381 g/mol. The number of fused-ring (bicyclic) bond motifs is 1. The van der Waals surface area contributed by atoms with E-state index in [1.165, 1.54) is 17.0 Å². The minimum absolute atomic E-state index is 0.267. The fourth-order valence-electron chi connectivity index (χ4n) is 2.84. The molecule has 134 valence electrons. The number of aromatic nitrogens is 3. The van der Waals surface area contributed by atoms with Gasteiger partial charge in [-0.05, 0) is 54.6 Å². The lowest BCUT2D eigenvalue weighted by Gasteiger charge is -2.18. The summed E-state index contributed by atoms with van der Waals surface area (Å²) in [4.78, 5) is 23.5. The van der Waals surface area contributed by atoms with E-state index < -0.39 is 0 Å². The molecule has 0 radical (unpaired) electrons. The first-order valence-electron chi connectivity index (χ1n) is 8.17. The van der Waals surface area contributed by atoms with Crippen LogP contribution in [0.4, 0.5) is 10.1 Å². The minimum Gasteiger partial charge on any atom is -0.310 e. The molecular formula is C20H14ClFN4O. The molecule has 0 aliphatic rings. The Morgan fingerprint density at radius 1 is 1.11 bits per heavy atom. The molecule has 7 heteroatoms. The van der Waals surface area contributed by atoms with Crippen molar-refractivity contribution in [3.63, 3.8) is 0 Å². The summed E-state index contributed by atoms with van der Waals surface area (Å²) in [6, 6.07) is 14.6. The largest absolute Gasteiger partial charge is 0.310 e. The fourth-order valence-corrected chi connectivity index (χ4v) is 2.97. The molecule has 0 bridgehead atoms. The number of imidazole rings is 1. The number of carbonyl (C=O) groups excluding carboxylic acids is 1. The first-order valence-corrected chi connectivity index (χ1v) is 8.55. The molecule has 0 aliphatic carbocycles. The van der Waals surface area contributed by atoms with Crippen LogP contribution >= 0.6 is 11.6 Å². The molecule has 5 nitrogen and oxygen atoms in total. The monoisotopic (exact) mass is 380 g/mol. The van der Waals surface area contributed by atoms with Gasteiger partial charge in [0.15, 0.2) is 0 Å². The first-order chi connectivity index (χ1) is 13.0. The number of rotatable bonds is 3. The van der Waals surface area contributed by atoms with Crippen LogP contribution in [0.25, 0.3) is 17.0 Å². The van der Waals surface area contributed by atoms with E-state index in [0.717, 1.165) is 0 Å². The van der Waals surface area contributed by atoms with Gasteiger partial charge in [0.1, 0.15) is 17.2 Å². The zero-order valence-corrected chi connectivity index (χ0v) is 15.1. The smallest absolute Gasteiger partial charge is 0.277 e. The number of amides is 1. The Hall–Kier alpha value is -3.25. The quantitative estimate of drug-likeness (QED) is 0.527. The molecule has 0 N–H and O–H groups in total. The molecule has 27 heavy (non-hydrogen) atoms. The molecule has 0 fully saturated rings. The van der Waals surface area contributed by atoms with Gasteiger partial charge in [-0.3, -0.25) is 9.20 Å². The molecule has 4 aromatic rings. The molecular weight excluding hydrogens is 367 g/mol. The van der Waals surface area contributed by atoms with Gasteiger partial charge in [0, 0.05) is 35.7 Å². The van der Waals surface area contributed by atoms with Crippen LogP contribution in [0.3, 0.4) is 0 Å². The second-order valence-electron chi connectivity index (χ2n) is 5.95. The number of hydrogen-bond acceptors (Lipinski definition) is 3. The topological polar surface area (TPSA) is 50.5 Å². The third-order valence-corrected chi connectivity index (χ3v) is 4.49. The highest BCUT2D eigenvalue weighted by molar-refractivity contribution is 6.30. The first kappa shape index (κ1) is 17.2. The van der Waals surface area contributed by atoms with Crippen molar-refractivity contribution in [2.45, 2.75) is 0 Å². The summed E-state index contributed by atoms with van der Waals surface area (Å²) in [5.41, 5.74) is 2.12. The number of anilines is 1. The molecule has 1 amide bonds. The summed E-state index contributed by atoms with van der Waals surface area (Å²) in [7, 11) is 1.68. The Labute approximate surface area is 159 Å². The van der Waals surface area contributed by atoms with E-state index in [2.05, 4.69) is 9.97 Å². The Morgan fingerprint density at radius 2 is 1.81 bits per heavy atom. The van der Waals surface area contributed by atoms with E-state index in [1.807, 2.05) is 0 Å². The normalized spacial score (nSPS) is 10.9. The number of hydrogen-bond donors (Lipinski definition) is 0. The second kappa shape index (κ2) is 6.81. The third kappa shape index (κ3) is 3.15. The molecule has 0 saturated heterocycles. The molecule has 2 heterocycles. The van der Waals surface area contributed by atoms with Crippen molar-refractivity contribution in [2.75, 3.05) is 11.9 Å². The molecule has 2 aromatic carbocycles. The lowest BCUT2D eigenvalue weighted by molar-refractivity contribution is 0.0988. The van der Waals surface area contributed by atoms with Crippen molar-refractivity contribution in [1.82, 2.24) is 14.4 Å². The van der Waals surface area contributed by atoms with Gasteiger partial charge in [-0.2, -0.15) is 0 Å². The van der Waals surface area contributed by atoms with Gasteiger partial charge in [-0.1, -0.05) is 11.6 Å². The highest BCUT2D eigenvalue weighted by Crippen LogP contribution is 2.27. The van der Waals surface area contributed by atoms with Gasteiger partial charge in [0.05, 0.1) is 0 Å². The SMILES string of the molecule is CN(C(=O)c1c(-c2ccc(F)cc2)nc2ncccn12)c1ccc(Cl)cc1. The predicted octanol–water partition coefficient (Wildman–Crippen LogP) is 4.47. The lowest BCUT2D eigenvalue weighted by Crippen LogP contribution is -2.28. The van der Waals surface area contributed by atoms with Crippen LogP contribution in [-0.2, 0) is 0 Å². The maximum absolute atomic E-state index is 13.3. The van der Waals surface area contributed by atoms with Crippen molar-refractivity contribution in [3.8, 4) is 11.3 Å². The van der Waals surface area contributed by atoms with Gasteiger partial charge in [-0.15, -0.1) is 0 Å². The summed E-state index contributed by atoms with van der Waals surface area (Å²) in [5.74, 6) is -0.228. The van der Waals surface area contributed by atoms with E-state index in [9.17, 15) is 9.18 Å². The summed E-state index contributed by atoms with van der Waals surface area (Å²) in [5, 5.41) is 0.589. The highest BCUT2D eigenvalue weighted by atomic mass is 35.5.